The summed E-state index contributed by atoms with van der Waals surface area (Å²) in [5.41, 5.74) is 2.97. The van der Waals surface area contributed by atoms with Crippen LogP contribution in [0.4, 0.5) is 5.69 Å². The molecule has 0 spiro atoms. The van der Waals surface area contributed by atoms with Crippen molar-refractivity contribution in [2.24, 2.45) is 0 Å². The van der Waals surface area contributed by atoms with Crippen LogP contribution < -0.4 is 5.32 Å². The molecule has 0 saturated heterocycles. The van der Waals surface area contributed by atoms with Gasteiger partial charge in [-0.1, -0.05) is 36.4 Å². The number of anilines is 1. The molecule has 0 radical (unpaired) electrons. The zero-order chi connectivity index (χ0) is 17.8. The Balaban J connectivity index is 1.50. The highest BCUT2D eigenvalue weighted by Crippen LogP contribution is 2.24. The second-order valence-electron chi connectivity index (χ2n) is 5.68. The molecule has 0 saturated carbocycles. The van der Waals surface area contributed by atoms with Gasteiger partial charge in [-0.05, 0) is 48.5 Å². The van der Waals surface area contributed by atoms with Gasteiger partial charge in [0.05, 0.1) is 0 Å². The molecule has 0 fully saturated rings. The van der Waals surface area contributed by atoms with Gasteiger partial charge in [-0.15, -0.1) is 10.2 Å². The van der Waals surface area contributed by atoms with Crippen molar-refractivity contribution in [1.82, 2.24) is 10.2 Å². The fraction of sp³-hybridized carbons (Fsp3) is 0. The van der Waals surface area contributed by atoms with E-state index in [0.29, 0.717) is 23.0 Å². The molecule has 0 aliphatic heterocycles. The summed E-state index contributed by atoms with van der Waals surface area (Å²) < 4.78 is 5.74. The Kier molecular flexibility index (Phi) is 4.26. The topological polar surface area (TPSA) is 68.0 Å². The number of nitrogens with one attached hydrogen (secondary N) is 1. The molecule has 1 aromatic heterocycles. The van der Waals surface area contributed by atoms with Gasteiger partial charge < -0.3 is 9.73 Å². The molecule has 0 atom stereocenters. The van der Waals surface area contributed by atoms with Crippen LogP contribution in [0.3, 0.4) is 0 Å². The van der Waals surface area contributed by atoms with Crippen LogP contribution in [0.1, 0.15) is 10.4 Å². The lowest BCUT2D eigenvalue weighted by Crippen LogP contribution is -2.11. The Labute approximate surface area is 150 Å². The van der Waals surface area contributed by atoms with Gasteiger partial charge in [-0.25, -0.2) is 0 Å². The Hall–Kier alpha value is -3.73. The molecule has 0 aliphatic carbocycles. The molecule has 3 aromatic carbocycles. The van der Waals surface area contributed by atoms with Gasteiger partial charge in [0.15, 0.2) is 0 Å². The summed E-state index contributed by atoms with van der Waals surface area (Å²) in [6, 6.07) is 26.0. The van der Waals surface area contributed by atoms with Crippen LogP contribution in [-0.2, 0) is 0 Å². The van der Waals surface area contributed by atoms with E-state index in [2.05, 4.69) is 15.5 Å². The lowest BCUT2D eigenvalue weighted by Gasteiger charge is -2.05. The van der Waals surface area contributed by atoms with Crippen molar-refractivity contribution in [3.05, 3.63) is 90.5 Å². The maximum atomic E-state index is 12.2. The number of carbonyl (C=O) groups is 1. The summed E-state index contributed by atoms with van der Waals surface area (Å²) >= 11 is 0. The maximum absolute atomic E-state index is 12.2. The second kappa shape index (κ2) is 7.03. The molecule has 5 heteroatoms. The van der Waals surface area contributed by atoms with Crippen LogP contribution in [0.15, 0.2) is 89.3 Å². The highest BCUT2D eigenvalue weighted by molar-refractivity contribution is 6.04. The monoisotopic (exact) mass is 341 g/mol. The molecule has 0 bridgehead atoms. The lowest BCUT2D eigenvalue weighted by atomic mass is 10.2. The second-order valence-corrected chi connectivity index (χ2v) is 5.68. The first kappa shape index (κ1) is 15.8. The van der Waals surface area contributed by atoms with Gasteiger partial charge >= 0.3 is 0 Å². The van der Waals surface area contributed by atoms with Crippen molar-refractivity contribution in [3.8, 4) is 22.9 Å². The Morgan fingerprint density at radius 1 is 0.692 bits per heavy atom. The van der Waals surface area contributed by atoms with Crippen LogP contribution in [0, 0.1) is 0 Å². The first-order chi connectivity index (χ1) is 12.8. The summed E-state index contributed by atoms with van der Waals surface area (Å²) in [6.07, 6.45) is 0. The number of hydrogen-bond acceptors (Lipinski definition) is 4. The van der Waals surface area contributed by atoms with Gasteiger partial charge in [0, 0.05) is 22.4 Å². The van der Waals surface area contributed by atoms with Gasteiger partial charge in [-0.2, -0.15) is 0 Å². The molecular formula is C21H15N3O2. The number of benzene rings is 3. The van der Waals surface area contributed by atoms with Gasteiger partial charge in [0.2, 0.25) is 11.8 Å². The molecule has 26 heavy (non-hydrogen) atoms. The predicted octanol–water partition coefficient (Wildman–Crippen LogP) is 4.66. The third kappa shape index (κ3) is 3.37. The number of amides is 1. The highest BCUT2D eigenvalue weighted by atomic mass is 16.4. The van der Waals surface area contributed by atoms with Crippen molar-refractivity contribution in [3.63, 3.8) is 0 Å². The summed E-state index contributed by atoms with van der Waals surface area (Å²) in [4.78, 5) is 12.2. The first-order valence-corrected chi connectivity index (χ1v) is 8.15. The van der Waals surface area contributed by atoms with Gasteiger partial charge in [0.1, 0.15) is 0 Å². The molecule has 4 aromatic rings. The first-order valence-electron chi connectivity index (χ1n) is 8.15. The molecular weight excluding hydrogens is 326 g/mol. The molecule has 4 rings (SSSR count). The van der Waals surface area contributed by atoms with E-state index in [-0.39, 0.29) is 5.91 Å². The molecule has 1 heterocycles. The summed E-state index contributed by atoms with van der Waals surface area (Å²) in [5.74, 6) is 0.759. The van der Waals surface area contributed by atoms with Gasteiger partial charge in [0.25, 0.3) is 5.91 Å². The third-order valence-corrected chi connectivity index (χ3v) is 3.87. The normalized spacial score (nSPS) is 10.5. The molecule has 1 N–H and O–H groups in total. The smallest absolute Gasteiger partial charge is 0.255 e. The van der Waals surface area contributed by atoms with Crippen molar-refractivity contribution < 1.29 is 9.21 Å². The minimum atomic E-state index is -0.150. The summed E-state index contributed by atoms with van der Waals surface area (Å²) in [5, 5.41) is 11.0. The van der Waals surface area contributed by atoms with Crippen LogP contribution in [0.25, 0.3) is 22.9 Å². The van der Waals surface area contributed by atoms with E-state index in [1.807, 2.05) is 72.8 Å². The number of nitrogens with zero attached hydrogens (tertiary/aromatic N) is 2. The SMILES string of the molecule is O=C(Nc1ccc(-c2nnc(-c3ccccc3)o2)cc1)c1ccccc1. The van der Waals surface area contributed by atoms with Gasteiger partial charge in [-0.3, -0.25) is 4.79 Å². The van der Waals surface area contributed by atoms with E-state index < -0.39 is 0 Å². The number of carbonyl (C=O) groups excluding carboxylic acids is 1. The van der Waals surface area contributed by atoms with E-state index in [9.17, 15) is 4.79 Å². The van der Waals surface area contributed by atoms with Crippen molar-refractivity contribution >= 4 is 11.6 Å². The summed E-state index contributed by atoms with van der Waals surface area (Å²) in [6.45, 7) is 0. The fourth-order valence-corrected chi connectivity index (χ4v) is 2.53. The van der Waals surface area contributed by atoms with Crippen molar-refractivity contribution in [2.45, 2.75) is 0 Å². The Morgan fingerprint density at radius 2 is 1.23 bits per heavy atom. The van der Waals surface area contributed by atoms with Crippen molar-refractivity contribution in [1.29, 1.82) is 0 Å². The van der Waals surface area contributed by atoms with E-state index in [4.69, 9.17) is 4.42 Å². The minimum Gasteiger partial charge on any atom is -0.416 e. The molecule has 1 amide bonds. The van der Waals surface area contributed by atoms with Crippen LogP contribution in [0.5, 0.6) is 0 Å². The number of hydrogen-bond donors (Lipinski definition) is 1. The van der Waals surface area contributed by atoms with Crippen molar-refractivity contribution in [2.75, 3.05) is 5.32 Å². The van der Waals surface area contributed by atoms with Crippen LogP contribution in [-0.4, -0.2) is 16.1 Å². The Morgan fingerprint density at radius 3 is 1.85 bits per heavy atom. The van der Waals surface area contributed by atoms with E-state index in [1.54, 1.807) is 12.1 Å². The minimum absolute atomic E-state index is 0.150. The maximum Gasteiger partial charge on any atom is 0.255 e. The molecule has 5 nitrogen and oxygen atoms in total. The molecule has 0 aliphatic rings. The lowest BCUT2D eigenvalue weighted by molar-refractivity contribution is 0.102. The fourth-order valence-electron chi connectivity index (χ4n) is 2.53. The largest absolute Gasteiger partial charge is 0.416 e. The van der Waals surface area contributed by atoms with E-state index in [0.717, 1.165) is 11.1 Å². The highest BCUT2D eigenvalue weighted by Gasteiger charge is 2.11. The summed E-state index contributed by atoms with van der Waals surface area (Å²) in [7, 11) is 0. The number of aromatic nitrogens is 2. The quantitative estimate of drug-likeness (QED) is 0.586. The van der Waals surface area contributed by atoms with Crippen LogP contribution in [0.2, 0.25) is 0 Å². The third-order valence-electron chi connectivity index (χ3n) is 3.87. The Bertz CT molecular complexity index is 1010. The number of rotatable bonds is 4. The zero-order valence-corrected chi connectivity index (χ0v) is 13.8. The molecule has 126 valence electrons. The predicted molar refractivity (Wildman–Crippen MR) is 99.6 cm³/mol. The zero-order valence-electron chi connectivity index (χ0n) is 13.8. The standard InChI is InChI=1S/C21H15N3O2/c25-19(15-7-3-1-4-8-15)22-18-13-11-17(12-14-18)21-24-23-20(26-21)16-9-5-2-6-10-16/h1-14H,(H,22,25). The average molecular weight is 341 g/mol. The molecule has 0 unspecified atom stereocenters. The van der Waals surface area contributed by atoms with E-state index in [1.165, 1.54) is 0 Å². The van der Waals surface area contributed by atoms with E-state index >= 15 is 0 Å². The average Bonchev–Trinajstić information content (AvgIpc) is 3.20. The van der Waals surface area contributed by atoms with Crippen LogP contribution >= 0.6 is 0 Å².